The van der Waals surface area contributed by atoms with Crippen molar-refractivity contribution in [3.63, 3.8) is 0 Å². The Kier molecular flexibility index (Phi) is 16.1. The molecule has 7 aromatic rings. The number of carbonyl (C=O) groups is 2. The lowest BCUT2D eigenvalue weighted by molar-refractivity contribution is 0.0969. The predicted molar refractivity (Wildman–Crippen MR) is 264 cm³/mol. The van der Waals surface area contributed by atoms with Crippen LogP contribution in [0.25, 0.3) is 11.3 Å². The number of nitrogens with one attached hydrogen (secondary N) is 4. The molecule has 4 N–H and O–H groups in total. The Morgan fingerprint density at radius 3 is 1.53 bits per heavy atom. The summed E-state index contributed by atoms with van der Waals surface area (Å²) in [6.07, 6.45) is 2.58. The summed E-state index contributed by atoms with van der Waals surface area (Å²) in [5.74, 6) is -0.256. The van der Waals surface area contributed by atoms with Gasteiger partial charge in [0.1, 0.15) is 33.5 Å². The second-order valence-corrected chi connectivity index (χ2v) is 20.2. The Labute approximate surface area is 409 Å². The quantitative estimate of drug-likeness (QED) is 0.0747. The van der Waals surface area contributed by atoms with E-state index in [9.17, 15) is 36.0 Å². The van der Waals surface area contributed by atoms with E-state index in [0.29, 0.717) is 35.5 Å². The summed E-state index contributed by atoms with van der Waals surface area (Å²) < 4.78 is 72.4. The zero-order valence-electron chi connectivity index (χ0n) is 39.3. The maximum atomic E-state index is 13.3. The molecule has 4 heterocycles. The molecule has 0 aliphatic carbocycles. The summed E-state index contributed by atoms with van der Waals surface area (Å²) in [5, 5.41) is 0.0614. The number of rotatable bonds is 14. The van der Waals surface area contributed by atoms with Crippen molar-refractivity contribution in [3.8, 4) is 40.3 Å². The van der Waals surface area contributed by atoms with Crippen LogP contribution in [-0.2, 0) is 20.0 Å². The lowest BCUT2D eigenvalue weighted by atomic mass is 10.1. The summed E-state index contributed by atoms with van der Waals surface area (Å²) in [5.41, 5.74) is 4.58. The molecular formula is C50H49ClN6O11S2. The van der Waals surface area contributed by atoms with Gasteiger partial charge >= 0.3 is 0 Å². The third kappa shape index (κ3) is 12.7. The van der Waals surface area contributed by atoms with E-state index < -0.39 is 52.8 Å². The molecule has 364 valence electrons. The van der Waals surface area contributed by atoms with Crippen LogP contribution in [0.4, 0.5) is 0 Å². The molecule has 0 bridgehead atoms. The van der Waals surface area contributed by atoms with Crippen molar-refractivity contribution in [3.05, 3.63) is 180 Å². The number of aryl methyl sites for hydroxylation is 6. The third-order valence-corrected chi connectivity index (χ3v) is 13.0. The normalized spacial score (nSPS) is 11.3. The highest BCUT2D eigenvalue weighted by Gasteiger charge is 2.27. The van der Waals surface area contributed by atoms with E-state index in [0.717, 1.165) is 51.1 Å². The van der Waals surface area contributed by atoms with Crippen LogP contribution in [0.1, 0.15) is 67.9 Å². The predicted octanol–water partition coefficient (Wildman–Crippen LogP) is 8.57. The fourth-order valence-electron chi connectivity index (χ4n) is 7.08. The van der Waals surface area contributed by atoms with Crippen LogP contribution in [0.2, 0.25) is 5.15 Å². The highest BCUT2D eigenvalue weighted by molar-refractivity contribution is 7.90. The zero-order valence-corrected chi connectivity index (χ0v) is 41.6. The average molecular weight is 1010 g/mol. The van der Waals surface area contributed by atoms with Crippen molar-refractivity contribution in [1.29, 1.82) is 0 Å². The number of ether oxygens (including phenoxy) is 3. The number of halogens is 1. The van der Waals surface area contributed by atoms with E-state index in [2.05, 4.69) is 33.8 Å². The molecule has 0 radical (unpaired) electrons. The molecule has 0 atom stereocenters. The second-order valence-electron chi connectivity index (χ2n) is 16.5. The number of carbonyl (C=O) groups excluding carboxylic acids is 2. The molecule has 17 nitrogen and oxygen atoms in total. The Morgan fingerprint density at radius 1 is 0.614 bits per heavy atom. The number of pyridine rings is 4. The number of sulfonamides is 2. The average Bonchev–Trinajstić information content (AvgIpc) is 3.28. The topological polar surface area (TPSA) is 246 Å². The van der Waals surface area contributed by atoms with Gasteiger partial charge in [0.25, 0.3) is 43.0 Å². The first kappa shape index (κ1) is 51.8. The van der Waals surface area contributed by atoms with Crippen LogP contribution in [0.3, 0.4) is 0 Å². The first-order valence-corrected chi connectivity index (χ1v) is 24.8. The van der Waals surface area contributed by atoms with Crippen molar-refractivity contribution in [2.45, 2.75) is 65.2 Å². The number of aromatic amines is 2. The molecule has 0 saturated heterocycles. The molecule has 20 heteroatoms. The van der Waals surface area contributed by atoms with Crippen LogP contribution >= 0.6 is 11.6 Å². The van der Waals surface area contributed by atoms with Crippen molar-refractivity contribution >= 4 is 43.5 Å². The third-order valence-electron chi connectivity index (χ3n) is 10.1. The molecule has 0 aliphatic rings. The first-order valence-electron chi connectivity index (χ1n) is 21.4. The number of hydrogen-bond acceptors (Lipinski definition) is 13. The number of nitrogens with zero attached hydrogens (tertiary/aromatic N) is 2. The van der Waals surface area contributed by atoms with Gasteiger partial charge in [-0.25, -0.2) is 36.2 Å². The van der Waals surface area contributed by atoms with Gasteiger partial charge in [-0.05, 0) is 130 Å². The summed E-state index contributed by atoms with van der Waals surface area (Å²) in [6.45, 7) is 16.0. The monoisotopic (exact) mass is 1010 g/mol. The van der Waals surface area contributed by atoms with Crippen LogP contribution in [0, 0.1) is 47.5 Å². The summed E-state index contributed by atoms with van der Waals surface area (Å²) in [6, 6.07) is 25.6. The van der Waals surface area contributed by atoms with E-state index in [4.69, 9.17) is 25.8 Å². The Hall–Kier alpha value is -7.61. The number of hydrogen-bond donors (Lipinski definition) is 4. The lowest BCUT2D eigenvalue weighted by Gasteiger charge is -2.16. The van der Waals surface area contributed by atoms with Crippen molar-refractivity contribution in [2.75, 3.05) is 6.61 Å². The Bertz CT molecular complexity index is 3440. The van der Waals surface area contributed by atoms with Crippen molar-refractivity contribution in [2.24, 2.45) is 5.92 Å². The maximum Gasteiger partial charge on any atom is 0.270 e. The number of aromatic nitrogens is 4. The number of amides is 2. The summed E-state index contributed by atoms with van der Waals surface area (Å²) in [4.78, 5) is 61.9. The Balaban J connectivity index is 0.000000239. The lowest BCUT2D eigenvalue weighted by Crippen LogP contribution is -2.34. The van der Waals surface area contributed by atoms with E-state index in [1.165, 1.54) is 42.7 Å². The molecular weight excluding hydrogens is 960 g/mol. The number of H-pyrrole nitrogens is 2. The zero-order chi connectivity index (χ0) is 51.1. The van der Waals surface area contributed by atoms with Crippen LogP contribution in [-0.4, -0.2) is 55.2 Å². The largest absolute Gasteiger partial charge is 0.493 e. The fourth-order valence-corrected chi connectivity index (χ4v) is 9.27. The molecule has 3 aromatic carbocycles. The molecule has 0 spiro atoms. The van der Waals surface area contributed by atoms with Crippen molar-refractivity contribution < 1.29 is 40.6 Å². The molecule has 0 saturated carbocycles. The van der Waals surface area contributed by atoms with Gasteiger partial charge in [-0.15, -0.1) is 0 Å². The van der Waals surface area contributed by atoms with Crippen LogP contribution in [0.15, 0.2) is 129 Å². The molecule has 7 rings (SSSR count). The molecule has 2 amide bonds. The highest BCUT2D eigenvalue weighted by Crippen LogP contribution is 2.34. The smallest absolute Gasteiger partial charge is 0.270 e. The van der Waals surface area contributed by atoms with Gasteiger partial charge in [-0.3, -0.25) is 19.2 Å². The van der Waals surface area contributed by atoms with Gasteiger partial charge in [0.2, 0.25) is 11.8 Å². The van der Waals surface area contributed by atoms with Crippen LogP contribution in [0.5, 0.6) is 29.0 Å². The summed E-state index contributed by atoms with van der Waals surface area (Å²) >= 11 is 5.96. The Morgan fingerprint density at radius 2 is 1.07 bits per heavy atom. The fraction of sp³-hybridized carbons (Fsp3) is 0.200. The SMILES string of the molecule is Cc1cc(C)c(Oc2nc(-c3cccc(OCC(C)C)c3)ccc2C(=O)NS(=O)(=O)c2ccc[nH]c2=O)c(C)c1.Cc1cc(C)c(Oc2nc(Cl)ccc2C(=O)NS(=O)(=O)c2ccc[nH]c2=O)c(C)c1. The standard InChI is InChI=1S/C30H31N3O6S.C20H18ClN3O5S/c1-18(2)17-38-23-9-6-8-22(16-23)25-12-11-24(28(34)33-40(36,37)26-10-7-13-31-29(26)35)30(32-25)39-27-20(4)14-19(3)15-21(27)5;1-11-9-12(2)17(13(3)10-11)29-20-14(6-7-16(21)23-20)18(25)24-30(27,28)15-5-4-8-22-19(15)26/h6-16,18H,17H2,1-5H3,(H,31,35)(H,33,34);4-10H,1-3H3,(H,22,26)(H,24,25). The minimum atomic E-state index is -4.47. The molecule has 0 fully saturated rings. The molecule has 4 aromatic heterocycles. The van der Waals surface area contributed by atoms with E-state index in [1.54, 1.807) is 6.07 Å². The van der Waals surface area contributed by atoms with Gasteiger partial charge < -0.3 is 24.2 Å². The van der Waals surface area contributed by atoms with Crippen molar-refractivity contribution in [1.82, 2.24) is 29.4 Å². The first-order chi connectivity index (χ1) is 33.0. The molecule has 0 aliphatic heterocycles. The molecule has 0 unspecified atom stereocenters. The van der Waals surface area contributed by atoms with Gasteiger partial charge in [0, 0.05) is 18.0 Å². The van der Waals surface area contributed by atoms with Gasteiger partial charge in [0.15, 0.2) is 9.79 Å². The van der Waals surface area contributed by atoms with Crippen LogP contribution < -0.4 is 34.8 Å². The number of benzene rings is 3. The molecule has 70 heavy (non-hydrogen) atoms. The van der Waals surface area contributed by atoms with E-state index in [-0.39, 0.29) is 28.0 Å². The van der Waals surface area contributed by atoms with Gasteiger partial charge in [0.05, 0.1) is 12.3 Å². The minimum absolute atomic E-state index is 0.0614. The summed E-state index contributed by atoms with van der Waals surface area (Å²) in [7, 11) is -8.89. The van der Waals surface area contributed by atoms with E-state index >= 15 is 0 Å². The highest BCUT2D eigenvalue weighted by atomic mass is 35.5. The minimum Gasteiger partial charge on any atom is -0.493 e. The van der Waals surface area contributed by atoms with Gasteiger partial charge in [-0.2, -0.15) is 0 Å². The maximum absolute atomic E-state index is 13.3. The van der Waals surface area contributed by atoms with E-state index in [1.807, 2.05) is 99.5 Å². The second kappa shape index (κ2) is 21.8. The van der Waals surface area contributed by atoms with Gasteiger partial charge in [-0.1, -0.05) is 73.0 Å².